The molecule has 3 heterocycles. The summed E-state index contributed by atoms with van der Waals surface area (Å²) >= 11 is 0. The molecule has 7 aromatic carbocycles. The van der Waals surface area contributed by atoms with Crippen molar-refractivity contribution in [2.45, 2.75) is 0 Å². The first-order valence-electron chi connectivity index (χ1n) is 17.2. The average molecular weight is 651 g/mol. The quantitative estimate of drug-likeness (QED) is 0.174. The molecule has 4 heteroatoms. The van der Waals surface area contributed by atoms with Crippen LogP contribution in [0.5, 0.6) is 0 Å². The van der Waals surface area contributed by atoms with Crippen molar-refractivity contribution < 1.29 is 0 Å². The first-order valence-corrected chi connectivity index (χ1v) is 17.2. The van der Waals surface area contributed by atoms with E-state index in [1.807, 2.05) is 24.5 Å². The van der Waals surface area contributed by atoms with Gasteiger partial charge in [0, 0.05) is 45.1 Å². The van der Waals surface area contributed by atoms with Gasteiger partial charge in [-0.2, -0.15) is 5.10 Å². The van der Waals surface area contributed by atoms with Crippen LogP contribution >= 0.6 is 0 Å². The standard InChI is InChI=1S/C47H30N4/c1-3-13-31(14-4-1)41-29-35-17-7-8-20-38(35)47-43(41)44(34-15-5-2-6-16-34)50-51(47)42-22-10-9-19-37(42)32-23-25-33(26-24-32)40-30-36-18-11-27-48-45(36)46-39(40)21-12-28-49-46/h1-30H. The van der Waals surface area contributed by atoms with E-state index in [9.17, 15) is 0 Å². The molecule has 10 aromatic rings. The molecule has 3 aromatic heterocycles. The molecule has 0 spiro atoms. The molecule has 0 radical (unpaired) electrons. The normalized spacial score (nSPS) is 11.5. The Bertz CT molecular complexity index is 2890. The highest BCUT2D eigenvalue weighted by atomic mass is 15.3. The minimum atomic E-state index is 0.918. The maximum atomic E-state index is 5.48. The highest BCUT2D eigenvalue weighted by Crippen LogP contribution is 2.43. The molecule has 51 heavy (non-hydrogen) atoms. The van der Waals surface area contributed by atoms with Crippen LogP contribution in [0.25, 0.3) is 93.8 Å². The molecular weight excluding hydrogens is 621 g/mol. The van der Waals surface area contributed by atoms with Crippen molar-refractivity contribution in [1.29, 1.82) is 0 Å². The Morgan fingerprint density at radius 3 is 1.76 bits per heavy atom. The van der Waals surface area contributed by atoms with Gasteiger partial charge in [0.25, 0.3) is 0 Å². The molecule has 0 saturated heterocycles. The number of hydrogen-bond donors (Lipinski definition) is 0. The Labute approximate surface area is 294 Å². The van der Waals surface area contributed by atoms with Crippen LogP contribution in [0.2, 0.25) is 0 Å². The van der Waals surface area contributed by atoms with Crippen molar-refractivity contribution in [3.63, 3.8) is 0 Å². The fraction of sp³-hybridized carbons (Fsp3) is 0. The molecule has 4 nitrogen and oxygen atoms in total. The van der Waals surface area contributed by atoms with Crippen molar-refractivity contribution in [2.75, 3.05) is 0 Å². The second kappa shape index (κ2) is 11.9. The molecule has 0 aliphatic rings. The smallest absolute Gasteiger partial charge is 0.101 e. The molecule has 0 saturated carbocycles. The lowest BCUT2D eigenvalue weighted by molar-refractivity contribution is 0.919. The number of rotatable bonds is 5. The zero-order chi connectivity index (χ0) is 33.7. The number of nitrogens with zero attached hydrogens (tertiary/aromatic N) is 4. The number of fused-ring (bicyclic) bond motifs is 6. The molecule has 0 aliphatic carbocycles. The van der Waals surface area contributed by atoms with E-state index in [4.69, 9.17) is 10.1 Å². The molecule has 0 atom stereocenters. The average Bonchev–Trinajstić information content (AvgIpc) is 3.62. The van der Waals surface area contributed by atoms with Crippen molar-refractivity contribution in [3.8, 4) is 50.3 Å². The third kappa shape index (κ3) is 4.80. The summed E-state index contributed by atoms with van der Waals surface area (Å²) in [6.45, 7) is 0. The maximum absolute atomic E-state index is 5.48. The van der Waals surface area contributed by atoms with E-state index >= 15 is 0 Å². The Morgan fingerprint density at radius 1 is 0.392 bits per heavy atom. The van der Waals surface area contributed by atoms with Crippen LogP contribution in [0.15, 0.2) is 182 Å². The lowest BCUT2D eigenvalue weighted by Crippen LogP contribution is -2.00. The van der Waals surface area contributed by atoms with E-state index in [-0.39, 0.29) is 0 Å². The summed E-state index contributed by atoms with van der Waals surface area (Å²) < 4.78 is 2.17. The number of hydrogen-bond acceptors (Lipinski definition) is 3. The van der Waals surface area contributed by atoms with E-state index in [1.54, 1.807) is 0 Å². The van der Waals surface area contributed by atoms with Crippen LogP contribution in [0.3, 0.4) is 0 Å². The minimum Gasteiger partial charge on any atom is -0.254 e. The van der Waals surface area contributed by atoms with Gasteiger partial charge in [-0.15, -0.1) is 0 Å². The SMILES string of the molecule is c1ccc(-c2cc3ccccc3c3c2c(-c2ccccc2)nn3-c2ccccc2-c2ccc(-c3cc4cccnc4c4ncccc34)cc2)cc1. The number of pyridine rings is 2. The van der Waals surface area contributed by atoms with Gasteiger partial charge in [-0.3, -0.25) is 9.97 Å². The predicted molar refractivity (Wildman–Crippen MR) is 211 cm³/mol. The Kier molecular flexibility index (Phi) is 6.78. The lowest BCUT2D eigenvalue weighted by Gasteiger charge is -2.14. The maximum Gasteiger partial charge on any atom is 0.101 e. The highest BCUT2D eigenvalue weighted by molar-refractivity contribution is 6.17. The van der Waals surface area contributed by atoms with Crippen molar-refractivity contribution >= 4 is 43.5 Å². The number of benzene rings is 7. The largest absolute Gasteiger partial charge is 0.254 e. The second-order valence-electron chi connectivity index (χ2n) is 12.9. The number of para-hydroxylation sites is 1. The van der Waals surface area contributed by atoms with Gasteiger partial charge in [-0.05, 0) is 63.5 Å². The van der Waals surface area contributed by atoms with Crippen LogP contribution in [0.4, 0.5) is 0 Å². The number of aromatic nitrogens is 4. The molecule has 0 bridgehead atoms. The monoisotopic (exact) mass is 650 g/mol. The van der Waals surface area contributed by atoms with E-state index in [0.717, 1.165) is 71.9 Å². The van der Waals surface area contributed by atoms with E-state index in [1.165, 1.54) is 21.9 Å². The molecular formula is C47H30N4. The molecule has 238 valence electrons. The van der Waals surface area contributed by atoms with Gasteiger partial charge >= 0.3 is 0 Å². The van der Waals surface area contributed by atoms with Gasteiger partial charge in [0.05, 0.1) is 22.2 Å². The molecule has 0 fully saturated rings. The van der Waals surface area contributed by atoms with Crippen molar-refractivity contribution in [2.24, 2.45) is 0 Å². The van der Waals surface area contributed by atoms with Crippen LogP contribution < -0.4 is 0 Å². The summed E-state index contributed by atoms with van der Waals surface area (Å²) in [5.74, 6) is 0. The predicted octanol–water partition coefficient (Wildman–Crippen LogP) is 11.9. The van der Waals surface area contributed by atoms with Gasteiger partial charge in [-0.25, -0.2) is 4.68 Å². The van der Waals surface area contributed by atoms with Gasteiger partial charge in [-0.1, -0.05) is 140 Å². The molecule has 0 unspecified atom stereocenters. The lowest BCUT2D eigenvalue weighted by atomic mass is 9.93. The van der Waals surface area contributed by atoms with Crippen molar-refractivity contribution in [3.05, 3.63) is 182 Å². The molecule has 0 amide bonds. The van der Waals surface area contributed by atoms with Gasteiger partial charge in [0.15, 0.2) is 0 Å². The summed E-state index contributed by atoms with van der Waals surface area (Å²) in [6, 6.07) is 60.1. The van der Waals surface area contributed by atoms with Gasteiger partial charge in [0.1, 0.15) is 5.69 Å². The van der Waals surface area contributed by atoms with Crippen LogP contribution in [0.1, 0.15) is 0 Å². The zero-order valence-electron chi connectivity index (χ0n) is 27.6. The first-order chi connectivity index (χ1) is 25.3. The summed E-state index contributed by atoms with van der Waals surface area (Å²) in [5, 5.41) is 11.1. The summed E-state index contributed by atoms with van der Waals surface area (Å²) in [4.78, 5) is 9.38. The van der Waals surface area contributed by atoms with Crippen LogP contribution in [-0.2, 0) is 0 Å². The Balaban J connectivity index is 1.19. The van der Waals surface area contributed by atoms with E-state index in [0.29, 0.717) is 0 Å². The Morgan fingerprint density at radius 2 is 0.961 bits per heavy atom. The Hall–Kier alpha value is -6.91. The van der Waals surface area contributed by atoms with Crippen molar-refractivity contribution in [1.82, 2.24) is 19.7 Å². The fourth-order valence-electron chi connectivity index (χ4n) is 7.55. The zero-order valence-corrected chi connectivity index (χ0v) is 27.6. The third-order valence-electron chi connectivity index (χ3n) is 9.90. The second-order valence-corrected chi connectivity index (χ2v) is 12.9. The molecule has 0 aliphatic heterocycles. The van der Waals surface area contributed by atoms with Crippen LogP contribution in [-0.4, -0.2) is 19.7 Å². The van der Waals surface area contributed by atoms with Crippen LogP contribution in [0, 0.1) is 0 Å². The van der Waals surface area contributed by atoms with Gasteiger partial charge < -0.3 is 0 Å². The third-order valence-corrected chi connectivity index (χ3v) is 9.90. The molecule has 10 rings (SSSR count). The summed E-state index contributed by atoms with van der Waals surface area (Å²) in [5.41, 5.74) is 12.9. The highest BCUT2D eigenvalue weighted by Gasteiger charge is 2.22. The summed E-state index contributed by atoms with van der Waals surface area (Å²) in [6.07, 6.45) is 3.67. The molecule has 0 N–H and O–H groups in total. The first kappa shape index (κ1) is 29.0. The van der Waals surface area contributed by atoms with E-state index < -0.39 is 0 Å². The summed E-state index contributed by atoms with van der Waals surface area (Å²) in [7, 11) is 0. The fourth-order valence-corrected chi connectivity index (χ4v) is 7.55. The van der Waals surface area contributed by atoms with E-state index in [2.05, 4.69) is 167 Å². The minimum absolute atomic E-state index is 0.918. The topological polar surface area (TPSA) is 43.6 Å². The van der Waals surface area contributed by atoms with Gasteiger partial charge in [0.2, 0.25) is 0 Å².